The fourth-order valence-electron chi connectivity index (χ4n) is 2.94. The van der Waals surface area contributed by atoms with Gasteiger partial charge in [0.25, 0.3) is 0 Å². The molecule has 0 saturated heterocycles. The maximum Gasteiger partial charge on any atom is 0.0791 e. The molecule has 0 bridgehead atoms. The van der Waals surface area contributed by atoms with Crippen LogP contribution in [0.5, 0.6) is 0 Å². The van der Waals surface area contributed by atoms with Gasteiger partial charge in [0.05, 0.1) is 12.2 Å². The summed E-state index contributed by atoms with van der Waals surface area (Å²) < 4.78 is 0. The predicted octanol–water partition coefficient (Wildman–Crippen LogP) is 3.44. The average molecular weight is 248 g/mol. The standard InChI is InChI=1S/C16H24O2/c17-15(12-13-6-4-5-7-13)10-11-16(18)14-8-2-1-3-9-14/h1-3,8-9,13,15-18H,4-7,10-12H2. The molecule has 2 unspecified atom stereocenters. The molecule has 1 saturated carbocycles. The molecular weight excluding hydrogens is 224 g/mol. The van der Waals surface area contributed by atoms with Crippen LogP contribution in [0.15, 0.2) is 30.3 Å². The summed E-state index contributed by atoms with van der Waals surface area (Å²) in [7, 11) is 0. The van der Waals surface area contributed by atoms with Crippen LogP contribution >= 0.6 is 0 Å². The van der Waals surface area contributed by atoms with Gasteiger partial charge in [0, 0.05) is 0 Å². The number of aliphatic hydroxyl groups is 2. The lowest BCUT2D eigenvalue weighted by molar-refractivity contribution is 0.0979. The second-order valence-corrected chi connectivity index (χ2v) is 5.54. The molecule has 1 aliphatic carbocycles. The number of benzene rings is 1. The van der Waals surface area contributed by atoms with Gasteiger partial charge in [0.15, 0.2) is 0 Å². The summed E-state index contributed by atoms with van der Waals surface area (Å²) in [4.78, 5) is 0. The molecule has 1 aromatic rings. The zero-order valence-corrected chi connectivity index (χ0v) is 11.0. The van der Waals surface area contributed by atoms with Gasteiger partial charge in [0.2, 0.25) is 0 Å². The smallest absolute Gasteiger partial charge is 0.0791 e. The topological polar surface area (TPSA) is 40.5 Å². The summed E-state index contributed by atoms with van der Waals surface area (Å²) >= 11 is 0. The first-order chi connectivity index (χ1) is 8.75. The Balaban J connectivity index is 1.70. The van der Waals surface area contributed by atoms with Crippen molar-refractivity contribution in [1.29, 1.82) is 0 Å². The fraction of sp³-hybridized carbons (Fsp3) is 0.625. The first kappa shape index (κ1) is 13.6. The number of rotatable bonds is 6. The minimum atomic E-state index is -0.440. The van der Waals surface area contributed by atoms with E-state index >= 15 is 0 Å². The predicted molar refractivity (Wildman–Crippen MR) is 73.2 cm³/mol. The van der Waals surface area contributed by atoms with Crippen LogP contribution in [-0.2, 0) is 0 Å². The zero-order valence-electron chi connectivity index (χ0n) is 11.0. The Hall–Kier alpha value is -0.860. The highest BCUT2D eigenvalue weighted by Gasteiger charge is 2.19. The molecule has 100 valence electrons. The van der Waals surface area contributed by atoms with Crippen molar-refractivity contribution in [2.24, 2.45) is 5.92 Å². The van der Waals surface area contributed by atoms with Crippen molar-refractivity contribution in [2.75, 3.05) is 0 Å². The quantitative estimate of drug-likeness (QED) is 0.809. The Bertz CT molecular complexity index is 330. The molecule has 0 amide bonds. The van der Waals surface area contributed by atoms with E-state index in [-0.39, 0.29) is 6.10 Å². The summed E-state index contributed by atoms with van der Waals surface area (Å²) in [6.07, 6.45) is 6.78. The van der Waals surface area contributed by atoms with E-state index in [1.807, 2.05) is 30.3 Å². The number of hydrogen-bond donors (Lipinski definition) is 2. The molecule has 1 fully saturated rings. The lowest BCUT2D eigenvalue weighted by Crippen LogP contribution is -2.13. The minimum absolute atomic E-state index is 0.244. The largest absolute Gasteiger partial charge is 0.393 e. The normalized spacial score (nSPS) is 19.9. The van der Waals surface area contributed by atoms with Crippen LogP contribution in [0.25, 0.3) is 0 Å². The lowest BCUT2D eigenvalue weighted by Gasteiger charge is -2.17. The second kappa shape index (κ2) is 6.91. The molecule has 1 aromatic carbocycles. The molecule has 2 nitrogen and oxygen atoms in total. The van der Waals surface area contributed by atoms with E-state index in [1.54, 1.807) is 0 Å². The molecule has 18 heavy (non-hydrogen) atoms. The molecule has 0 aliphatic heterocycles. The van der Waals surface area contributed by atoms with Gasteiger partial charge in [-0.15, -0.1) is 0 Å². The summed E-state index contributed by atoms with van der Waals surface area (Å²) in [5, 5.41) is 20.0. The summed E-state index contributed by atoms with van der Waals surface area (Å²) in [6.45, 7) is 0. The second-order valence-electron chi connectivity index (χ2n) is 5.54. The Morgan fingerprint density at radius 1 is 1.00 bits per heavy atom. The van der Waals surface area contributed by atoms with Crippen LogP contribution in [-0.4, -0.2) is 16.3 Å². The van der Waals surface area contributed by atoms with Crippen molar-refractivity contribution in [3.63, 3.8) is 0 Å². The molecule has 2 atom stereocenters. The third-order valence-corrected chi connectivity index (χ3v) is 4.04. The van der Waals surface area contributed by atoms with E-state index in [1.165, 1.54) is 25.7 Å². The molecular formula is C16H24O2. The molecule has 0 heterocycles. The van der Waals surface area contributed by atoms with Crippen molar-refractivity contribution in [3.8, 4) is 0 Å². The summed E-state index contributed by atoms with van der Waals surface area (Å²) in [6, 6.07) is 9.70. The molecule has 0 spiro atoms. The van der Waals surface area contributed by atoms with Crippen LogP contribution in [0.2, 0.25) is 0 Å². The van der Waals surface area contributed by atoms with Crippen molar-refractivity contribution in [2.45, 2.75) is 57.2 Å². The van der Waals surface area contributed by atoms with Crippen LogP contribution in [0.3, 0.4) is 0 Å². The van der Waals surface area contributed by atoms with Crippen molar-refractivity contribution < 1.29 is 10.2 Å². The van der Waals surface area contributed by atoms with Crippen LogP contribution in [0, 0.1) is 5.92 Å². The van der Waals surface area contributed by atoms with Crippen molar-refractivity contribution in [3.05, 3.63) is 35.9 Å². The van der Waals surface area contributed by atoms with Gasteiger partial charge in [0.1, 0.15) is 0 Å². The Kier molecular flexibility index (Phi) is 5.21. The Morgan fingerprint density at radius 3 is 2.33 bits per heavy atom. The summed E-state index contributed by atoms with van der Waals surface area (Å²) in [5.41, 5.74) is 0.950. The van der Waals surface area contributed by atoms with Crippen LogP contribution < -0.4 is 0 Å². The van der Waals surface area contributed by atoms with Gasteiger partial charge < -0.3 is 10.2 Å². The maximum absolute atomic E-state index is 10.0. The monoisotopic (exact) mass is 248 g/mol. The molecule has 2 heteroatoms. The lowest BCUT2D eigenvalue weighted by atomic mass is 9.95. The van der Waals surface area contributed by atoms with E-state index in [4.69, 9.17) is 0 Å². The molecule has 0 aromatic heterocycles. The third kappa shape index (κ3) is 4.11. The van der Waals surface area contributed by atoms with Gasteiger partial charge in [-0.1, -0.05) is 56.0 Å². The van der Waals surface area contributed by atoms with E-state index in [9.17, 15) is 10.2 Å². The highest BCUT2D eigenvalue weighted by Crippen LogP contribution is 2.30. The van der Waals surface area contributed by atoms with E-state index < -0.39 is 6.10 Å². The highest BCUT2D eigenvalue weighted by molar-refractivity contribution is 5.17. The SMILES string of the molecule is OC(CCC(O)c1ccccc1)CC1CCCC1. The van der Waals surface area contributed by atoms with Gasteiger partial charge in [-0.3, -0.25) is 0 Å². The van der Waals surface area contributed by atoms with Crippen LogP contribution in [0.4, 0.5) is 0 Å². The molecule has 0 radical (unpaired) electrons. The van der Waals surface area contributed by atoms with E-state index in [2.05, 4.69) is 0 Å². The van der Waals surface area contributed by atoms with Crippen molar-refractivity contribution >= 4 is 0 Å². The highest BCUT2D eigenvalue weighted by atomic mass is 16.3. The zero-order chi connectivity index (χ0) is 12.8. The van der Waals surface area contributed by atoms with Gasteiger partial charge in [-0.25, -0.2) is 0 Å². The summed E-state index contributed by atoms with van der Waals surface area (Å²) in [5.74, 6) is 0.717. The fourth-order valence-corrected chi connectivity index (χ4v) is 2.94. The Labute approximate surface area is 110 Å². The first-order valence-electron chi connectivity index (χ1n) is 7.17. The maximum atomic E-state index is 10.0. The van der Waals surface area contributed by atoms with Gasteiger partial charge in [-0.2, -0.15) is 0 Å². The number of aliphatic hydroxyl groups excluding tert-OH is 2. The number of hydrogen-bond acceptors (Lipinski definition) is 2. The third-order valence-electron chi connectivity index (χ3n) is 4.04. The molecule has 2 N–H and O–H groups in total. The van der Waals surface area contributed by atoms with E-state index in [0.29, 0.717) is 18.8 Å². The minimum Gasteiger partial charge on any atom is -0.393 e. The van der Waals surface area contributed by atoms with Gasteiger partial charge >= 0.3 is 0 Å². The molecule has 2 rings (SSSR count). The van der Waals surface area contributed by atoms with Crippen LogP contribution in [0.1, 0.15) is 56.6 Å². The average Bonchev–Trinajstić information content (AvgIpc) is 2.90. The Morgan fingerprint density at radius 2 is 1.67 bits per heavy atom. The first-order valence-corrected chi connectivity index (χ1v) is 7.17. The van der Waals surface area contributed by atoms with E-state index in [0.717, 1.165) is 12.0 Å². The van der Waals surface area contributed by atoms with Gasteiger partial charge in [-0.05, 0) is 30.7 Å². The molecule has 1 aliphatic rings. The van der Waals surface area contributed by atoms with Crippen molar-refractivity contribution in [1.82, 2.24) is 0 Å².